The Balaban J connectivity index is 2.15. The van der Waals surface area contributed by atoms with Crippen molar-refractivity contribution in [3.05, 3.63) is 71.8 Å². The number of aliphatic hydroxyl groups is 1. The average molecular weight is 462 g/mol. The van der Waals surface area contributed by atoms with Crippen LogP contribution in [-0.2, 0) is 46.6 Å². The molecule has 1 N–H and O–H groups in total. The molecule has 0 aliphatic rings. The summed E-state index contributed by atoms with van der Waals surface area (Å²) >= 11 is 0. The average Bonchev–Trinajstić information content (AvgIpc) is 2.70. The van der Waals surface area contributed by atoms with Gasteiger partial charge in [-0.15, -0.1) is 0 Å². The number of hydrogen-bond acceptors (Lipinski definition) is 8. The molecule has 1 atom stereocenters. The number of esters is 2. The van der Waals surface area contributed by atoms with Crippen LogP contribution in [0.1, 0.15) is 17.5 Å². The fraction of sp³-hybridized carbons (Fsp3) is 0.263. The number of alkyl halides is 3. The van der Waals surface area contributed by atoms with Crippen molar-refractivity contribution in [2.45, 2.75) is 30.9 Å². The highest BCUT2D eigenvalue weighted by Crippen LogP contribution is 2.30. The quantitative estimate of drug-likeness (QED) is 0.261. The summed E-state index contributed by atoms with van der Waals surface area (Å²) in [5.74, 6) is -7.11. The van der Waals surface area contributed by atoms with E-state index < -0.39 is 46.4 Å². The first kappa shape index (κ1) is 24.3. The zero-order chi connectivity index (χ0) is 23.1. The topological polar surface area (TPSA) is 116 Å². The van der Waals surface area contributed by atoms with Crippen LogP contribution in [0, 0.1) is 0 Å². The van der Waals surface area contributed by atoms with Gasteiger partial charge < -0.3 is 14.6 Å². The number of carbonyl (C=O) groups is 2. The fourth-order valence-corrected chi connectivity index (χ4v) is 2.77. The first-order valence-corrected chi connectivity index (χ1v) is 9.99. The number of ether oxygens (including phenoxy) is 2. The van der Waals surface area contributed by atoms with Crippen molar-refractivity contribution in [1.82, 2.24) is 0 Å². The molecule has 168 valence electrons. The molecular weight excluding hydrogens is 445 g/mol. The van der Waals surface area contributed by atoms with Gasteiger partial charge in [-0.3, -0.25) is 4.79 Å². The highest BCUT2D eigenvalue weighted by molar-refractivity contribution is 7.87. The Morgan fingerprint density at radius 2 is 1.29 bits per heavy atom. The van der Waals surface area contributed by atoms with Crippen LogP contribution in [0.3, 0.4) is 0 Å². The molecule has 0 spiro atoms. The third-order valence-corrected chi connectivity index (χ3v) is 4.75. The standard InChI is InChI=1S/C19H17F3O8S/c20-19(21,22)31(26,27)30-18(25,17(24)29-13-15-9-5-2-6-10-15)11-16(23)28-12-14-7-3-1-4-8-14/h1-10,25H,11-13H2. The lowest BCUT2D eigenvalue weighted by Gasteiger charge is -2.25. The van der Waals surface area contributed by atoms with E-state index in [1.165, 1.54) is 12.1 Å². The maximum Gasteiger partial charge on any atom is 0.523 e. The summed E-state index contributed by atoms with van der Waals surface area (Å²) in [6, 6.07) is 15.8. The van der Waals surface area contributed by atoms with E-state index >= 15 is 0 Å². The Morgan fingerprint density at radius 3 is 1.74 bits per heavy atom. The smallest absolute Gasteiger partial charge is 0.461 e. The summed E-state index contributed by atoms with van der Waals surface area (Å²) in [6.45, 7) is -0.878. The van der Waals surface area contributed by atoms with Gasteiger partial charge in [-0.05, 0) is 11.1 Å². The predicted octanol–water partition coefficient (Wildman–Crippen LogP) is 2.42. The molecule has 0 amide bonds. The van der Waals surface area contributed by atoms with E-state index in [9.17, 15) is 36.3 Å². The van der Waals surface area contributed by atoms with E-state index in [1.807, 2.05) is 0 Å². The van der Waals surface area contributed by atoms with Crippen molar-refractivity contribution in [2.24, 2.45) is 0 Å². The molecule has 0 aliphatic heterocycles. The lowest BCUT2D eigenvalue weighted by molar-refractivity contribution is -0.210. The third kappa shape index (κ3) is 7.05. The first-order chi connectivity index (χ1) is 14.4. The molecule has 8 nitrogen and oxygen atoms in total. The summed E-state index contributed by atoms with van der Waals surface area (Å²) in [6.07, 6.45) is -1.57. The second-order valence-electron chi connectivity index (χ2n) is 6.15. The van der Waals surface area contributed by atoms with Crippen LogP contribution < -0.4 is 0 Å². The largest absolute Gasteiger partial charge is 0.523 e. The second-order valence-corrected chi connectivity index (χ2v) is 7.69. The Labute approximate surface area is 175 Å². The molecule has 0 saturated carbocycles. The van der Waals surface area contributed by atoms with Crippen molar-refractivity contribution >= 4 is 22.1 Å². The van der Waals surface area contributed by atoms with Gasteiger partial charge in [0.2, 0.25) is 0 Å². The highest BCUT2D eigenvalue weighted by Gasteiger charge is 2.56. The zero-order valence-corrected chi connectivity index (χ0v) is 16.6. The second kappa shape index (κ2) is 9.90. The van der Waals surface area contributed by atoms with Crippen LogP contribution in [0.15, 0.2) is 60.7 Å². The normalized spacial score (nSPS) is 13.8. The van der Waals surface area contributed by atoms with Crippen molar-refractivity contribution < 1.29 is 49.9 Å². The maximum absolute atomic E-state index is 12.7. The summed E-state index contributed by atoms with van der Waals surface area (Å²) in [7, 11) is -6.45. The van der Waals surface area contributed by atoms with Crippen LogP contribution in [-0.4, -0.2) is 36.8 Å². The molecule has 2 aromatic rings. The Bertz CT molecular complexity index is 994. The molecule has 0 bridgehead atoms. The zero-order valence-electron chi connectivity index (χ0n) is 15.7. The van der Waals surface area contributed by atoms with Crippen LogP contribution in [0.5, 0.6) is 0 Å². The van der Waals surface area contributed by atoms with Gasteiger partial charge in [0.1, 0.15) is 19.6 Å². The molecular formula is C19H17F3O8S. The number of benzene rings is 2. The summed E-state index contributed by atoms with van der Waals surface area (Å²) in [5.41, 5.74) is -5.09. The highest BCUT2D eigenvalue weighted by atomic mass is 32.2. The van der Waals surface area contributed by atoms with E-state index in [-0.39, 0.29) is 6.61 Å². The van der Waals surface area contributed by atoms with Gasteiger partial charge >= 0.3 is 27.6 Å². The van der Waals surface area contributed by atoms with Gasteiger partial charge in [-0.25, -0.2) is 8.98 Å². The van der Waals surface area contributed by atoms with Crippen LogP contribution in [0.2, 0.25) is 0 Å². The summed E-state index contributed by atoms with van der Waals surface area (Å²) in [4.78, 5) is 24.2. The fourth-order valence-electron chi connectivity index (χ4n) is 2.19. The molecule has 0 fully saturated rings. The van der Waals surface area contributed by atoms with Gasteiger partial charge in [0.25, 0.3) is 5.79 Å². The van der Waals surface area contributed by atoms with Gasteiger partial charge in [-0.2, -0.15) is 21.6 Å². The number of rotatable bonds is 9. The number of halogens is 3. The lowest BCUT2D eigenvalue weighted by Crippen LogP contribution is -2.48. The van der Waals surface area contributed by atoms with E-state index in [2.05, 4.69) is 8.92 Å². The lowest BCUT2D eigenvalue weighted by atomic mass is 10.2. The molecule has 1 unspecified atom stereocenters. The summed E-state index contributed by atoms with van der Waals surface area (Å²) in [5, 5.41) is 10.2. The van der Waals surface area contributed by atoms with Crippen LogP contribution in [0.25, 0.3) is 0 Å². The van der Waals surface area contributed by atoms with E-state index in [1.54, 1.807) is 48.5 Å². The first-order valence-electron chi connectivity index (χ1n) is 8.58. The molecule has 12 heteroatoms. The van der Waals surface area contributed by atoms with Crippen LogP contribution in [0.4, 0.5) is 13.2 Å². The monoisotopic (exact) mass is 462 g/mol. The minimum absolute atomic E-state index is 0.346. The molecule has 0 heterocycles. The van der Waals surface area contributed by atoms with Crippen molar-refractivity contribution in [1.29, 1.82) is 0 Å². The Hall–Kier alpha value is -2.96. The maximum atomic E-state index is 12.7. The SMILES string of the molecule is O=C(CC(O)(OS(=O)(=O)C(F)(F)F)C(=O)OCc1ccccc1)OCc1ccccc1. The van der Waals surface area contributed by atoms with E-state index in [0.29, 0.717) is 11.1 Å². The number of hydrogen-bond donors (Lipinski definition) is 1. The van der Waals surface area contributed by atoms with Crippen LogP contribution >= 0.6 is 0 Å². The van der Waals surface area contributed by atoms with Gasteiger partial charge in [0, 0.05) is 0 Å². The molecule has 0 aliphatic carbocycles. The Kier molecular flexibility index (Phi) is 7.76. The minimum Gasteiger partial charge on any atom is -0.461 e. The summed E-state index contributed by atoms with van der Waals surface area (Å²) < 4.78 is 73.9. The number of carbonyl (C=O) groups excluding carboxylic acids is 2. The predicted molar refractivity (Wildman–Crippen MR) is 98.1 cm³/mol. The van der Waals surface area contributed by atoms with E-state index in [4.69, 9.17) is 4.74 Å². The molecule has 0 radical (unpaired) electrons. The van der Waals surface area contributed by atoms with Gasteiger partial charge in [0.15, 0.2) is 0 Å². The molecule has 0 aromatic heterocycles. The molecule has 2 aromatic carbocycles. The Morgan fingerprint density at radius 1 is 0.839 bits per heavy atom. The van der Waals surface area contributed by atoms with Crippen molar-refractivity contribution in [3.8, 4) is 0 Å². The van der Waals surface area contributed by atoms with Crippen molar-refractivity contribution in [3.63, 3.8) is 0 Å². The van der Waals surface area contributed by atoms with Gasteiger partial charge in [0.05, 0.1) is 0 Å². The third-order valence-electron chi connectivity index (χ3n) is 3.69. The molecule has 2 rings (SSSR count). The minimum atomic E-state index is -6.45. The molecule has 31 heavy (non-hydrogen) atoms. The molecule has 0 saturated heterocycles. The van der Waals surface area contributed by atoms with Gasteiger partial charge in [-0.1, -0.05) is 60.7 Å². The van der Waals surface area contributed by atoms with Crippen molar-refractivity contribution in [2.75, 3.05) is 0 Å². The van der Waals surface area contributed by atoms with E-state index in [0.717, 1.165) is 0 Å².